The van der Waals surface area contributed by atoms with Crippen molar-refractivity contribution >= 4 is 15.8 Å². The Morgan fingerprint density at radius 3 is 2.17 bits per heavy atom. The van der Waals surface area contributed by atoms with Crippen molar-refractivity contribution in [3.05, 3.63) is 34.4 Å². The summed E-state index contributed by atoms with van der Waals surface area (Å²) in [4.78, 5) is 9.87. The van der Waals surface area contributed by atoms with E-state index in [-0.39, 0.29) is 24.1 Å². The first-order valence-electron chi connectivity index (χ1n) is 6.85. The number of nitrogens with zero attached hydrogens (tertiary/aromatic N) is 1. The van der Waals surface area contributed by atoms with Gasteiger partial charge in [-0.05, 0) is 39.8 Å². The second-order valence-electron chi connectivity index (χ2n) is 5.72. The lowest BCUT2D eigenvalue weighted by Crippen LogP contribution is -2.30. The van der Waals surface area contributed by atoms with E-state index in [1.165, 1.54) is 0 Å². The number of benzene rings is 1. The molecule has 0 radical (unpaired) electrons. The fraction of sp³-hybridized carbons (Fsp3) is 0.600. The van der Waals surface area contributed by atoms with Crippen molar-refractivity contribution in [1.82, 2.24) is 0 Å². The third-order valence-electron chi connectivity index (χ3n) is 2.83. The summed E-state index contributed by atoms with van der Waals surface area (Å²) >= 11 is 0. The van der Waals surface area contributed by atoms with E-state index in [0.717, 1.165) is 24.3 Å². The maximum Gasteiger partial charge on any atom is 0.297 e. The lowest BCUT2D eigenvalue weighted by atomic mass is 10.1. The van der Waals surface area contributed by atoms with Crippen LogP contribution >= 0.6 is 0 Å². The average molecular weight is 347 g/mol. The van der Waals surface area contributed by atoms with E-state index in [1.54, 1.807) is 13.8 Å². The van der Waals surface area contributed by atoms with Gasteiger partial charge in [-0.25, -0.2) is 0 Å². The van der Waals surface area contributed by atoms with Crippen molar-refractivity contribution in [3.8, 4) is 0 Å². The van der Waals surface area contributed by atoms with Crippen LogP contribution in [0.5, 0.6) is 0 Å². The van der Waals surface area contributed by atoms with Crippen LogP contribution in [0.4, 0.5) is 5.69 Å². The van der Waals surface area contributed by atoms with E-state index in [9.17, 15) is 18.5 Å². The summed E-state index contributed by atoms with van der Waals surface area (Å²) in [7, 11) is -3.99. The molecule has 132 valence electrons. The maximum atomic E-state index is 12.2. The summed E-state index contributed by atoms with van der Waals surface area (Å²) < 4.78 is 35.0. The number of nitro groups is 1. The minimum atomic E-state index is -3.99. The van der Waals surface area contributed by atoms with Gasteiger partial charge in [-0.2, -0.15) is 8.42 Å². The first-order valence-corrected chi connectivity index (χ1v) is 8.26. The van der Waals surface area contributed by atoms with Crippen LogP contribution in [0.1, 0.15) is 41.5 Å². The number of hydrogen-bond acceptors (Lipinski definition) is 6. The van der Waals surface area contributed by atoms with Crippen LogP contribution in [0.15, 0.2) is 29.2 Å². The smallest absolute Gasteiger partial charge is 0.297 e. The monoisotopic (exact) mass is 347 g/mol. The summed E-state index contributed by atoms with van der Waals surface area (Å²) in [6, 6.07) is 4.58. The van der Waals surface area contributed by atoms with Gasteiger partial charge in [0, 0.05) is 25.2 Å². The van der Waals surface area contributed by atoms with Crippen molar-refractivity contribution in [2.45, 2.75) is 58.1 Å². The van der Waals surface area contributed by atoms with Gasteiger partial charge in [0.25, 0.3) is 15.8 Å². The number of non-ortho nitro benzene ring substituents is 1. The SMILES string of the molecule is C.CC(C)OCCC(C)(C)OS(=O)(=O)c1ccc([N+](=O)[O-])cc1. The molecule has 0 aliphatic heterocycles. The Labute approximate surface area is 137 Å². The van der Waals surface area contributed by atoms with Crippen LogP contribution in [0.3, 0.4) is 0 Å². The Balaban J connectivity index is 0.00000484. The van der Waals surface area contributed by atoms with Gasteiger partial charge < -0.3 is 4.74 Å². The molecule has 7 nitrogen and oxygen atoms in total. The topological polar surface area (TPSA) is 95.7 Å². The maximum absolute atomic E-state index is 12.2. The second kappa shape index (κ2) is 8.37. The molecule has 0 atom stereocenters. The Bertz CT molecular complexity index is 607. The molecule has 0 bridgehead atoms. The number of nitro benzene ring substituents is 1. The third-order valence-corrected chi connectivity index (χ3v) is 4.35. The predicted octanol–water partition coefficient (Wildman–Crippen LogP) is 3.53. The highest BCUT2D eigenvalue weighted by Crippen LogP contribution is 2.24. The Morgan fingerprint density at radius 2 is 1.74 bits per heavy atom. The van der Waals surface area contributed by atoms with Gasteiger partial charge in [-0.3, -0.25) is 14.3 Å². The van der Waals surface area contributed by atoms with E-state index in [4.69, 9.17) is 8.92 Å². The molecule has 0 amide bonds. The highest BCUT2D eigenvalue weighted by Gasteiger charge is 2.28. The molecule has 0 saturated heterocycles. The lowest BCUT2D eigenvalue weighted by Gasteiger charge is -2.24. The van der Waals surface area contributed by atoms with Gasteiger partial charge in [-0.15, -0.1) is 0 Å². The first-order chi connectivity index (χ1) is 10.0. The fourth-order valence-electron chi connectivity index (χ4n) is 1.66. The van der Waals surface area contributed by atoms with Gasteiger partial charge in [-0.1, -0.05) is 7.43 Å². The normalized spacial score (nSPS) is 12.0. The molecule has 0 aromatic heterocycles. The Morgan fingerprint density at radius 1 is 1.22 bits per heavy atom. The standard InChI is InChI=1S/C14H21NO6S.CH4/c1-11(2)20-10-9-14(3,4)21-22(18,19)13-7-5-12(6-8-13)15(16)17;/h5-8,11H,9-10H2,1-4H3;1H4. The fourth-order valence-corrected chi connectivity index (χ4v) is 2.90. The van der Waals surface area contributed by atoms with Crippen molar-refractivity contribution in [2.24, 2.45) is 0 Å². The van der Waals surface area contributed by atoms with Gasteiger partial charge in [0.15, 0.2) is 0 Å². The molecule has 0 fully saturated rings. The van der Waals surface area contributed by atoms with Crippen molar-refractivity contribution in [2.75, 3.05) is 6.61 Å². The first kappa shape index (κ1) is 21.5. The number of hydrogen-bond donors (Lipinski definition) is 0. The summed E-state index contributed by atoms with van der Waals surface area (Å²) in [5, 5.41) is 10.6. The highest BCUT2D eigenvalue weighted by molar-refractivity contribution is 7.86. The third kappa shape index (κ3) is 7.06. The molecule has 0 aliphatic carbocycles. The summed E-state index contributed by atoms with van der Waals surface area (Å²) in [5.74, 6) is 0. The van der Waals surface area contributed by atoms with Gasteiger partial charge in [0.05, 0.1) is 21.5 Å². The quantitative estimate of drug-likeness (QED) is 0.405. The Hall–Kier alpha value is -1.51. The largest absolute Gasteiger partial charge is 0.379 e. The highest BCUT2D eigenvalue weighted by atomic mass is 32.2. The van der Waals surface area contributed by atoms with Gasteiger partial charge in [0.2, 0.25) is 0 Å². The van der Waals surface area contributed by atoms with Crippen LogP contribution in [0, 0.1) is 10.1 Å². The number of ether oxygens (including phenoxy) is 1. The molecule has 1 aromatic carbocycles. The molecule has 0 N–H and O–H groups in total. The zero-order valence-electron chi connectivity index (χ0n) is 13.1. The molecule has 0 saturated carbocycles. The lowest BCUT2D eigenvalue weighted by molar-refractivity contribution is -0.384. The summed E-state index contributed by atoms with van der Waals surface area (Å²) in [6.07, 6.45) is 0.458. The number of rotatable bonds is 8. The zero-order valence-corrected chi connectivity index (χ0v) is 13.9. The second-order valence-corrected chi connectivity index (χ2v) is 7.26. The van der Waals surface area contributed by atoms with Gasteiger partial charge >= 0.3 is 0 Å². The molecule has 0 aliphatic rings. The van der Waals surface area contributed by atoms with Crippen LogP contribution in [-0.2, 0) is 19.0 Å². The van der Waals surface area contributed by atoms with Crippen LogP contribution in [0.2, 0.25) is 0 Å². The average Bonchev–Trinajstić information content (AvgIpc) is 2.36. The van der Waals surface area contributed by atoms with Crippen molar-refractivity contribution < 1.29 is 22.3 Å². The van der Waals surface area contributed by atoms with E-state index < -0.39 is 20.6 Å². The summed E-state index contributed by atoms with van der Waals surface area (Å²) in [5.41, 5.74) is -1.11. The van der Waals surface area contributed by atoms with Crippen molar-refractivity contribution in [3.63, 3.8) is 0 Å². The van der Waals surface area contributed by atoms with Crippen LogP contribution in [-0.4, -0.2) is 31.7 Å². The van der Waals surface area contributed by atoms with Gasteiger partial charge in [0.1, 0.15) is 0 Å². The minimum Gasteiger partial charge on any atom is -0.379 e. The van der Waals surface area contributed by atoms with E-state index >= 15 is 0 Å². The molecular weight excluding hydrogens is 322 g/mol. The van der Waals surface area contributed by atoms with Crippen LogP contribution < -0.4 is 0 Å². The molecule has 1 rings (SSSR count). The molecule has 1 aromatic rings. The summed E-state index contributed by atoms with van der Waals surface area (Å²) in [6.45, 7) is 7.46. The van der Waals surface area contributed by atoms with Crippen LogP contribution in [0.25, 0.3) is 0 Å². The Kier molecular flexibility index (Phi) is 7.82. The molecule has 0 heterocycles. The predicted molar refractivity (Wildman–Crippen MR) is 87.9 cm³/mol. The molecule has 0 spiro atoms. The minimum absolute atomic E-state index is 0. The molecule has 23 heavy (non-hydrogen) atoms. The van der Waals surface area contributed by atoms with E-state index in [0.29, 0.717) is 13.0 Å². The van der Waals surface area contributed by atoms with E-state index in [2.05, 4.69) is 0 Å². The molecular formula is C15H25NO6S. The molecule has 0 unspecified atom stereocenters. The molecule has 8 heteroatoms. The zero-order chi connectivity index (χ0) is 17.0. The van der Waals surface area contributed by atoms with Crippen molar-refractivity contribution in [1.29, 1.82) is 0 Å². The van der Waals surface area contributed by atoms with E-state index in [1.807, 2.05) is 13.8 Å².